The number of hydrogen-bond acceptors (Lipinski definition) is 4. The van der Waals surface area contributed by atoms with Gasteiger partial charge in [-0.05, 0) is 31.2 Å². The summed E-state index contributed by atoms with van der Waals surface area (Å²) in [6, 6.07) is 7.13. The van der Waals surface area contributed by atoms with Crippen molar-refractivity contribution in [3.05, 3.63) is 46.9 Å². The number of aldehydes is 1. The van der Waals surface area contributed by atoms with Gasteiger partial charge in [0, 0.05) is 16.9 Å². The maximum atomic E-state index is 10.8. The molecule has 1 N–H and O–H groups in total. The van der Waals surface area contributed by atoms with Gasteiger partial charge in [0.05, 0.1) is 5.69 Å². The molecule has 0 saturated heterocycles. The SMILES string of the molecule is Cc1cnc(C=O)c(Nc2ccc(Cl)cc2)n1. The summed E-state index contributed by atoms with van der Waals surface area (Å²) in [5.41, 5.74) is 1.83. The number of hydrogen-bond donors (Lipinski definition) is 1. The fourth-order valence-electron chi connectivity index (χ4n) is 1.33. The number of benzene rings is 1. The number of carbonyl (C=O) groups excluding carboxylic acids is 1. The van der Waals surface area contributed by atoms with Crippen molar-refractivity contribution in [3.8, 4) is 0 Å². The van der Waals surface area contributed by atoms with Crippen LogP contribution in [0.3, 0.4) is 0 Å². The quantitative estimate of drug-likeness (QED) is 0.848. The van der Waals surface area contributed by atoms with Crippen LogP contribution in [0.1, 0.15) is 16.2 Å². The van der Waals surface area contributed by atoms with Crippen LogP contribution in [0.5, 0.6) is 0 Å². The molecule has 5 heteroatoms. The van der Waals surface area contributed by atoms with Gasteiger partial charge in [0.2, 0.25) is 0 Å². The molecule has 2 rings (SSSR count). The molecule has 0 aliphatic rings. The van der Waals surface area contributed by atoms with Gasteiger partial charge in [0.25, 0.3) is 0 Å². The Morgan fingerprint density at radius 3 is 2.65 bits per heavy atom. The molecule has 1 heterocycles. The van der Waals surface area contributed by atoms with Crippen molar-refractivity contribution in [2.75, 3.05) is 5.32 Å². The van der Waals surface area contributed by atoms with Crippen LogP contribution in [-0.2, 0) is 0 Å². The Kier molecular flexibility index (Phi) is 3.35. The lowest BCUT2D eigenvalue weighted by Crippen LogP contribution is -2.02. The normalized spacial score (nSPS) is 10.0. The average molecular weight is 248 g/mol. The average Bonchev–Trinajstić information content (AvgIpc) is 2.32. The summed E-state index contributed by atoms with van der Waals surface area (Å²) in [6.45, 7) is 1.81. The van der Waals surface area contributed by atoms with Crippen LogP contribution in [0.15, 0.2) is 30.5 Å². The van der Waals surface area contributed by atoms with Crippen LogP contribution in [0, 0.1) is 6.92 Å². The first-order valence-electron chi connectivity index (χ1n) is 5.00. The van der Waals surface area contributed by atoms with E-state index in [1.807, 2.05) is 6.92 Å². The van der Waals surface area contributed by atoms with Gasteiger partial charge < -0.3 is 5.32 Å². The van der Waals surface area contributed by atoms with Gasteiger partial charge in [-0.1, -0.05) is 11.6 Å². The molecule has 0 radical (unpaired) electrons. The number of aromatic nitrogens is 2. The summed E-state index contributed by atoms with van der Waals surface area (Å²) < 4.78 is 0. The third-order valence-electron chi connectivity index (χ3n) is 2.14. The fourth-order valence-corrected chi connectivity index (χ4v) is 1.46. The van der Waals surface area contributed by atoms with E-state index in [-0.39, 0.29) is 5.69 Å². The van der Waals surface area contributed by atoms with Crippen LogP contribution in [-0.4, -0.2) is 16.3 Å². The monoisotopic (exact) mass is 247 g/mol. The second-order valence-electron chi connectivity index (χ2n) is 3.49. The Labute approximate surface area is 104 Å². The lowest BCUT2D eigenvalue weighted by Gasteiger charge is -2.07. The van der Waals surface area contributed by atoms with Crippen LogP contribution < -0.4 is 5.32 Å². The summed E-state index contributed by atoms with van der Waals surface area (Å²) in [5, 5.41) is 3.68. The molecule has 0 spiro atoms. The Morgan fingerprint density at radius 2 is 2.00 bits per heavy atom. The molecule has 0 aliphatic heterocycles. The minimum Gasteiger partial charge on any atom is -0.338 e. The number of nitrogens with zero attached hydrogens (tertiary/aromatic N) is 2. The maximum Gasteiger partial charge on any atom is 0.172 e. The zero-order valence-corrected chi connectivity index (χ0v) is 9.90. The number of halogens is 1. The van der Waals surface area contributed by atoms with Gasteiger partial charge in [0.1, 0.15) is 5.69 Å². The lowest BCUT2D eigenvalue weighted by atomic mass is 10.3. The van der Waals surface area contributed by atoms with E-state index in [0.717, 1.165) is 11.4 Å². The highest BCUT2D eigenvalue weighted by Crippen LogP contribution is 2.18. The largest absolute Gasteiger partial charge is 0.338 e. The number of anilines is 2. The van der Waals surface area contributed by atoms with Gasteiger partial charge in [-0.15, -0.1) is 0 Å². The molecule has 2 aromatic rings. The zero-order chi connectivity index (χ0) is 12.3. The molecular weight excluding hydrogens is 238 g/mol. The van der Waals surface area contributed by atoms with Crippen molar-refractivity contribution >= 4 is 29.4 Å². The van der Waals surface area contributed by atoms with E-state index >= 15 is 0 Å². The molecule has 0 unspecified atom stereocenters. The van der Waals surface area contributed by atoms with Gasteiger partial charge in [-0.2, -0.15) is 0 Å². The molecule has 17 heavy (non-hydrogen) atoms. The van der Waals surface area contributed by atoms with Crippen molar-refractivity contribution in [3.63, 3.8) is 0 Å². The summed E-state index contributed by atoms with van der Waals surface area (Å²) in [6.07, 6.45) is 2.22. The Bertz CT molecular complexity index is 540. The van der Waals surface area contributed by atoms with Gasteiger partial charge >= 0.3 is 0 Å². The van der Waals surface area contributed by atoms with Crippen LogP contribution in [0.2, 0.25) is 5.02 Å². The summed E-state index contributed by atoms with van der Waals surface area (Å²) >= 11 is 5.79. The predicted octanol–water partition coefficient (Wildman–Crippen LogP) is 2.99. The van der Waals surface area contributed by atoms with Crippen molar-refractivity contribution in [1.29, 1.82) is 0 Å². The molecule has 1 aromatic carbocycles. The Morgan fingerprint density at radius 1 is 1.29 bits per heavy atom. The highest BCUT2D eigenvalue weighted by atomic mass is 35.5. The molecule has 0 amide bonds. The third-order valence-corrected chi connectivity index (χ3v) is 2.39. The molecule has 0 bridgehead atoms. The van der Waals surface area contributed by atoms with Crippen LogP contribution in [0.4, 0.5) is 11.5 Å². The molecule has 1 aromatic heterocycles. The number of carbonyl (C=O) groups is 1. The van der Waals surface area contributed by atoms with E-state index in [0.29, 0.717) is 17.1 Å². The van der Waals surface area contributed by atoms with Crippen LogP contribution in [0.25, 0.3) is 0 Å². The number of aryl methyl sites for hydroxylation is 1. The third kappa shape index (κ3) is 2.79. The van der Waals surface area contributed by atoms with Crippen LogP contribution >= 0.6 is 11.6 Å². The Hall–Kier alpha value is -1.94. The smallest absolute Gasteiger partial charge is 0.172 e. The molecule has 0 atom stereocenters. The second kappa shape index (κ2) is 4.93. The first kappa shape index (κ1) is 11.5. The second-order valence-corrected chi connectivity index (χ2v) is 3.93. The van der Waals surface area contributed by atoms with Crippen molar-refractivity contribution in [2.24, 2.45) is 0 Å². The first-order valence-corrected chi connectivity index (χ1v) is 5.38. The van der Waals surface area contributed by atoms with E-state index in [4.69, 9.17) is 11.6 Å². The fraction of sp³-hybridized carbons (Fsp3) is 0.0833. The zero-order valence-electron chi connectivity index (χ0n) is 9.14. The molecule has 86 valence electrons. The van der Waals surface area contributed by atoms with Crippen molar-refractivity contribution in [1.82, 2.24) is 9.97 Å². The van der Waals surface area contributed by atoms with Crippen molar-refractivity contribution in [2.45, 2.75) is 6.92 Å². The first-order chi connectivity index (χ1) is 8.19. The Balaban J connectivity index is 2.31. The highest BCUT2D eigenvalue weighted by molar-refractivity contribution is 6.30. The van der Waals surface area contributed by atoms with Gasteiger partial charge in [-0.3, -0.25) is 4.79 Å². The molecule has 0 aliphatic carbocycles. The molecule has 0 fully saturated rings. The van der Waals surface area contributed by atoms with E-state index in [9.17, 15) is 4.79 Å². The minimum absolute atomic E-state index is 0.283. The summed E-state index contributed by atoms with van der Waals surface area (Å²) in [4.78, 5) is 19.0. The maximum absolute atomic E-state index is 10.8. The molecule has 0 saturated carbocycles. The predicted molar refractivity (Wildman–Crippen MR) is 66.9 cm³/mol. The lowest BCUT2D eigenvalue weighted by molar-refractivity contribution is 0.111. The van der Waals surface area contributed by atoms with Gasteiger partial charge in [-0.25, -0.2) is 9.97 Å². The summed E-state index contributed by atoms with van der Waals surface area (Å²) in [5.74, 6) is 0.447. The van der Waals surface area contributed by atoms with E-state index < -0.39 is 0 Å². The topological polar surface area (TPSA) is 54.9 Å². The highest BCUT2D eigenvalue weighted by Gasteiger charge is 2.05. The summed E-state index contributed by atoms with van der Waals surface area (Å²) in [7, 11) is 0. The van der Waals surface area contributed by atoms with Gasteiger partial charge in [0.15, 0.2) is 12.1 Å². The van der Waals surface area contributed by atoms with Crippen molar-refractivity contribution < 1.29 is 4.79 Å². The number of rotatable bonds is 3. The molecular formula is C12H10ClN3O. The van der Waals surface area contributed by atoms with E-state index in [1.54, 1.807) is 30.5 Å². The standard InChI is InChI=1S/C12H10ClN3O/c1-8-6-14-11(7-17)12(15-8)16-10-4-2-9(13)3-5-10/h2-7H,1H3,(H,15,16). The minimum atomic E-state index is 0.283. The molecule has 4 nitrogen and oxygen atoms in total. The van der Waals surface area contributed by atoms with E-state index in [1.165, 1.54) is 0 Å². The number of nitrogens with one attached hydrogen (secondary N) is 1. The van der Waals surface area contributed by atoms with E-state index in [2.05, 4.69) is 15.3 Å².